The van der Waals surface area contributed by atoms with Crippen molar-refractivity contribution in [2.24, 2.45) is 5.92 Å². The molecular formula is C11H23N3S. The SMILES string of the molecule is CCCNC(=S)NCC1CCN(C)CC1. The highest BCUT2D eigenvalue weighted by molar-refractivity contribution is 7.80. The molecule has 0 aliphatic carbocycles. The van der Waals surface area contributed by atoms with Gasteiger partial charge in [-0.3, -0.25) is 0 Å². The zero-order chi connectivity index (χ0) is 11.1. The Kier molecular flexibility index (Phi) is 5.95. The number of nitrogens with zero attached hydrogens (tertiary/aromatic N) is 1. The molecule has 0 radical (unpaired) electrons. The maximum Gasteiger partial charge on any atom is 0.166 e. The third-order valence-electron chi connectivity index (χ3n) is 2.92. The predicted molar refractivity (Wildman–Crippen MR) is 69.1 cm³/mol. The van der Waals surface area contributed by atoms with E-state index in [1.165, 1.54) is 25.9 Å². The van der Waals surface area contributed by atoms with Gasteiger partial charge < -0.3 is 15.5 Å². The monoisotopic (exact) mass is 229 g/mol. The molecule has 3 nitrogen and oxygen atoms in total. The van der Waals surface area contributed by atoms with Crippen LogP contribution >= 0.6 is 12.2 Å². The Hall–Kier alpha value is -0.350. The van der Waals surface area contributed by atoms with Gasteiger partial charge in [0.1, 0.15) is 0 Å². The van der Waals surface area contributed by atoms with Crippen LogP contribution in [0.15, 0.2) is 0 Å². The molecule has 0 aromatic carbocycles. The van der Waals surface area contributed by atoms with Gasteiger partial charge in [0.2, 0.25) is 0 Å². The highest BCUT2D eigenvalue weighted by Gasteiger charge is 2.16. The van der Waals surface area contributed by atoms with E-state index in [9.17, 15) is 0 Å². The van der Waals surface area contributed by atoms with Gasteiger partial charge in [-0.25, -0.2) is 0 Å². The minimum absolute atomic E-state index is 0.794. The number of hydrogen-bond donors (Lipinski definition) is 2. The number of rotatable bonds is 4. The predicted octanol–water partition coefficient (Wildman–Crippen LogP) is 1.20. The largest absolute Gasteiger partial charge is 0.363 e. The maximum absolute atomic E-state index is 5.18. The fourth-order valence-electron chi connectivity index (χ4n) is 1.80. The lowest BCUT2D eigenvalue weighted by Gasteiger charge is -2.29. The third kappa shape index (κ3) is 5.33. The highest BCUT2D eigenvalue weighted by Crippen LogP contribution is 2.14. The average Bonchev–Trinajstić information content (AvgIpc) is 2.25. The second-order valence-electron chi connectivity index (χ2n) is 4.38. The van der Waals surface area contributed by atoms with E-state index in [2.05, 4.69) is 29.5 Å². The van der Waals surface area contributed by atoms with Gasteiger partial charge in [0.05, 0.1) is 0 Å². The van der Waals surface area contributed by atoms with Crippen LogP contribution in [0.2, 0.25) is 0 Å². The van der Waals surface area contributed by atoms with Crippen LogP contribution in [0.1, 0.15) is 26.2 Å². The van der Waals surface area contributed by atoms with Crippen molar-refractivity contribution < 1.29 is 0 Å². The number of nitrogens with one attached hydrogen (secondary N) is 2. The molecule has 1 fully saturated rings. The Balaban J connectivity index is 2.06. The van der Waals surface area contributed by atoms with Crippen LogP contribution in [0, 0.1) is 5.92 Å². The van der Waals surface area contributed by atoms with Crippen LogP contribution < -0.4 is 10.6 Å². The van der Waals surface area contributed by atoms with E-state index in [-0.39, 0.29) is 0 Å². The van der Waals surface area contributed by atoms with Gasteiger partial charge in [-0.2, -0.15) is 0 Å². The van der Waals surface area contributed by atoms with E-state index >= 15 is 0 Å². The van der Waals surface area contributed by atoms with Gasteiger partial charge in [-0.05, 0) is 57.5 Å². The molecular weight excluding hydrogens is 206 g/mol. The van der Waals surface area contributed by atoms with E-state index in [0.717, 1.165) is 30.5 Å². The third-order valence-corrected chi connectivity index (χ3v) is 3.21. The van der Waals surface area contributed by atoms with E-state index in [1.807, 2.05) is 0 Å². The van der Waals surface area contributed by atoms with Gasteiger partial charge in [0, 0.05) is 13.1 Å². The first-order chi connectivity index (χ1) is 7.22. The number of hydrogen-bond acceptors (Lipinski definition) is 2. The van der Waals surface area contributed by atoms with Crippen molar-refractivity contribution in [1.82, 2.24) is 15.5 Å². The summed E-state index contributed by atoms with van der Waals surface area (Å²) in [6.45, 7) is 6.60. The first kappa shape index (κ1) is 12.7. The summed E-state index contributed by atoms with van der Waals surface area (Å²) in [4.78, 5) is 2.39. The van der Waals surface area contributed by atoms with Crippen LogP contribution in [0.5, 0.6) is 0 Å². The van der Waals surface area contributed by atoms with Crippen molar-refractivity contribution in [2.75, 3.05) is 33.2 Å². The molecule has 0 amide bonds. The Morgan fingerprint density at radius 1 is 1.33 bits per heavy atom. The van der Waals surface area contributed by atoms with Gasteiger partial charge in [-0.1, -0.05) is 6.92 Å². The molecule has 4 heteroatoms. The molecule has 1 saturated heterocycles. The molecule has 1 rings (SSSR count). The Bertz CT molecular complexity index is 188. The van der Waals surface area contributed by atoms with Gasteiger partial charge >= 0.3 is 0 Å². The number of likely N-dealkylation sites (tertiary alicyclic amines) is 1. The molecule has 15 heavy (non-hydrogen) atoms. The lowest BCUT2D eigenvalue weighted by Crippen LogP contribution is -2.41. The number of piperidine rings is 1. The van der Waals surface area contributed by atoms with E-state index < -0.39 is 0 Å². The summed E-state index contributed by atoms with van der Waals surface area (Å²) >= 11 is 5.18. The molecule has 0 unspecified atom stereocenters. The molecule has 1 heterocycles. The lowest BCUT2D eigenvalue weighted by molar-refractivity contribution is 0.220. The highest BCUT2D eigenvalue weighted by atomic mass is 32.1. The first-order valence-electron chi connectivity index (χ1n) is 5.92. The van der Waals surface area contributed by atoms with Crippen molar-refractivity contribution in [1.29, 1.82) is 0 Å². The number of thiocarbonyl (C=S) groups is 1. The summed E-state index contributed by atoms with van der Waals surface area (Å²) in [7, 11) is 2.19. The maximum atomic E-state index is 5.18. The van der Waals surface area contributed by atoms with Crippen LogP contribution in [0.25, 0.3) is 0 Å². The zero-order valence-corrected chi connectivity index (χ0v) is 10.7. The summed E-state index contributed by atoms with van der Waals surface area (Å²) in [5.74, 6) is 0.794. The summed E-state index contributed by atoms with van der Waals surface area (Å²) in [5, 5.41) is 7.31. The molecule has 0 aromatic heterocycles. The minimum Gasteiger partial charge on any atom is -0.363 e. The van der Waals surface area contributed by atoms with Crippen LogP contribution in [-0.4, -0.2) is 43.2 Å². The average molecular weight is 229 g/mol. The summed E-state index contributed by atoms with van der Waals surface area (Å²) in [5.41, 5.74) is 0. The molecule has 0 saturated carbocycles. The molecule has 1 aliphatic heterocycles. The molecule has 0 spiro atoms. The van der Waals surface area contributed by atoms with Gasteiger partial charge in [-0.15, -0.1) is 0 Å². The Morgan fingerprint density at radius 2 is 2.00 bits per heavy atom. The Morgan fingerprint density at radius 3 is 2.60 bits per heavy atom. The zero-order valence-electron chi connectivity index (χ0n) is 9.88. The molecule has 0 aromatic rings. The van der Waals surface area contributed by atoms with Crippen molar-refractivity contribution in [2.45, 2.75) is 26.2 Å². The summed E-state index contributed by atoms with van der Waals surface area (Å²) in [6.07, 6.45) is 3.70. The topological polar surface area (TPSA) is 27.3 Å². The normalized spacial score (nSPS) is 18.8. The van der Waals surface area contributed by atoms with E-state index in [1.54, 1.807) is 0 Å². The molecule has 1 aliphatic rings. The van der Waals surface area contributed by atoms with Crippen LogP contribution in [0.3, 0.4) is 0 Å². The lowest BCUT2D eigenvalue weighted by atomic mass is 9.97. The van der Waals surface area contributed by atoms with Gasteiger partial charge in [0.25, 0.3) is 0 Å². The van der Waals surface area contributed by atoms with Crippen molar-refractivity contribution in [3.8, 4) is 0 Å². The van der Waals surface area contributed by atoms with Crippen molar-refractivity contribution in [3.05, 3.63) is 0 Å². The van der Waals surface area contributed by atoms with Crippen LogP contribution in [-0.2, 0) is 0 Å². The fraction of sp³-hybridized carbons (Fsp3) is 0.909. The molecule has 2 N–H and O–H groups in total. The second kappa shape index (κ2) is 7.01. The summed E-state index contributed by atoms with van der Waals surface area (Å²) < 4.78 is 0. The second-order valence-corrected chi connectivity index (χ2v) is 4.79. The fourth-order valence-corrected chi connectivity index (χ4v) is 1.99. The molecule has 0 bridgehead atoms. The minimum atomic E-state index is 0.794. The van der Waals surface area contributed by atoms with E-state index in [0.29, 0.717) is 0 Å². The molecule has 88 valence electrons. The van der Waals surface area contributed by atoms with Gasteiger partial charge in [0.15, 0.2) is 5.11 Å². The first-order valence-corrected chi connectivity index (χ1v) is 6.33. The van der Waals surface area contributed by atoms with Crippen LogP contribution in [0.4, 0.5) is 0 Å². The van der Waals surface area contributed by atoms with Crippen molar-refractivity contribution in [3.63, 3.8) is 0 Å². The quantitative estimate of drug-likeness (QED) is 0.709. The Labute approximate surface area is 98.6 Å². The van der Waals surface area contributed by atoms with Crippen molar-refractivity contribution >= 4 is 17.3 Å². The van der Waals surface area contributed by atoms with E-state index in [4.69, 9.17) is 12.2 Å². The summed E-state index contributed by atoms with van der Waals surface area (Å²) in [6, 6.07) is 0. The standard InChI is InChI=1S/C11H23N3S/c1-3-6-12-11(15)13-9-10-4-7-14(2)8-5-10/h10H,3-9H2,1-2H3,(H2,12,13,15). The smallest absolute Gasteiger partial charge is 0.166 e. The molecule has 0 atom stereocenters.